The van der Waals surface area contributed by atoms with E-state index in [1.54, 1.807) is 0 Å². The first-order valence-electron chi connectivity index (χ1n) is 8.59. The molecule has 0 heterocycles. The van der Waals surface area contributed by atoms with Gasteiger partial charge in [0.2, 0.25) is 0 Å². The van der Waals surface area contributed by atoms with Crippen LogP contribution in [0.15, 0.2) is 60.7 Å². The Bertz CT molecular complexity index is 513. The molecule has 0 spiro atoms. The molecule has 0 radical (unpaired) electrons. The van der Waals surface area contributed by atoms with E-state index in [0.717, 1.165) is 52.1 Å². The molecule has 0 aromatic heterocycles. The average molecular weight is 311 g/mol. The molecule has 0 atom stereocenters. The Labute approximate surface area is 140 Å². The van der Waals surface area contributed by atoms with E-state index >= 15 is 0 Å². The van der Waals surface area contributed by atoms with E-state index in [0.29, 0.717) is 0 Å². The molecular formula is C20H29N3. The third-order valence-electron chi connectivity index (χ3n) is 3.93. The van der Waals surface area contributed by atoms with Crippen LogP contribution >= 0.6 is 0 Å². The number of nitrogens with one attached hydrogen (secondary N) is 1. The highest BCUT2D eigenvalue weighted by molar-refractivity contribution is 5.15. The van der Waals surface area contributed by atoms with E-state index in [2.05, 4.69) is 70.9 Å². The predicted octanol–water partition coefficient (Wildman–Crippen LogP) is 3.02. The number of nitrogens with two attached hydrogens (primary N) is 1. The number of hydrogen-bond acceptors (Lipinski definition) is 3. The molecule has 0 aliphatic carbocycles. The molecule has 0 saturated heterocycles. The molecule has 0 saturated carbocycles. The third-order valence-corrected chi connectivity index (χ3v) is 3.93. The van der Waals surface area contributed by atoms with Crippen LogP contribution in [-0.2, 0) is 13.1 Å². The lowest BCUT2D eigenvalue weighted by Gasteiger charge is -2.22. The maximum Gasteiger partial charge on any atom is 0.0233 e. The smallest absolute Gasteiger partial charge is 0.0233 e. The zero-order valence-corrected chi connectivity index (χ0v) is 14.0. The van der Waals surface area contributed by atoms with Crippen molar-refractivity contribution in [3.8, 4) is 0 Å². The molecule has 124 valence electrons. The van der Waals surface area contributed by atoms with Gasteiger partial charge < -0.3 is 11.1 Å². The van der Waals surface area contributed by atoms with Crippen LogP contribution in [0.1, 0.15) is 24.0 Å². The summed E-state index contributed by atoms with van der Waals surface area (Å²) in [5, 5.41) is 3.53. The predicted molar refractivity (Wildman–Crippen MR) is 98.2 cm³/mol. The van der Waals surface area contributed by atoms with Crippen molar-refractivity contribution in [2.75, 3.05) is 26.2 Å². The minimum Gasteiger partial charge on any atom is -0.330 e. The largest absolute Gasteiger partial charge is 0.330 e. The van der Waals surface area contributed by atoms with E-state index in [1.807, 2.05) is 0 Å². The summed E-state index contributed by atoms with van der Waals surface area (Å²) in [6, 6.07) is 21.2. The van der Waals surface area contributed by atoms with Crippen LogP contribution in [0.5, 0.6) is 0 Å². The summed E-state index contributed by atoms with van der Waals surface area (Å²) in [6.07, 6.45) is 2.22. The fourth-order valence-corrected chi connectivity index (χ4v) is 2.68. The fraction of sp³-hybridized carbons (Fsp3) is 0.400. The molecule has 2 aromatic rings. The average Bonchev–Trinajstić information content (AvgIpc) is 2.61. The van der Waals surface area contributed by atoms with Gasteiger partial charge >= 0.3 is 0 Å². The van der Waals surface area contributed by atoms with Gasteiger partial charge in [0, 0.05) is 13.1 Å². The van der Waals surface area contributed by atoms with Crippen molar-refractivity contribution in [3.05, 3.63) is 71.8 Å². The lowest BCUT2D eigenvalue weighted by Crippen LogP contribution is -2.29. The molecule has 0 aliphatic rings. The molecule has 2 rings (SSSR count). The summed E-state index contributed by atoms with van der Waals surface area (Å²) in [7, 11) is 0. The summed E-state index contributed by atoms with van der Waals surface area (Å²) in [4.78, 5) is 2.51. The lowest BCUT2D eigenvalue weighted by molar-refractivity contribution is 0.259. The molecule has 0 bridgehead atoms. The second kappa shape index (κ2) is 10.9. The highest BCUT2D eigenvalue weighted by Crippen LogP contribution is 2.05. The van der Waals surface area contributed by atoms with Crippen LogP contribution in [0.3, 0.4) is 0 Å². The third kappa shape index (κ3) is 7.42. The monoisotopic (exact) mass is 311 g/mol. The zero-order chi connectivity index (χ0) is 16.2. The fourth-order valence-electron chi connectivity index (χ4n) is 2.68. The van der Waals surface area contributed by atoms with Crippen molar-refractivity contribution in [1.82, 2.24) is 10.2 Å². The molecule has 23 heavy (non-hydrogen) atoms. The maximum absolute atomic E-state index is 5.67. The first-order valence-corrected chi connectivity index (χ1v) is 8.59. The molecule has 3 N–H and O–H groups in total. The Kier molecular flexibility index (Phi) is 8.41. The molecule has 0 aliphatic heterocycles. The number of benzene rings is 2. The van der Waals surface area contributed by atoms with Gasteiger partial charge in [-0.2, -0.15) is 0 Å². The van der Waals surface area contributed by atoms with Gasteiger partial charge in [0.05, 0.1) is 0 Å². The minimum absolute atomic E-state index is 0.761. The van der Waals surface area contributed by atoms with Crippen molar-refractivity contribution < 1.29 is 0 Å². The molecular weight excluding hydrogens is 282 g/mol. The Morgan fingerprint density at radius 2 is 1.39 bits per heavy atom. The topological polar surface area (TPSA) is 41.3 Å². The van der Waals surface area contributed by atoms with Crippen LogP contribution < -0.4 is 11.1 Å². The number of rotatable bonds is 11. The first kappa shape index (κ1) is 17.7. The number of hydrogen-bond donors (Lipinski definition) is 2. The van der Waals surface area contributed by atoms with E-state index in [-0.39, 0.29) is 0 Å². The Hall–Kier alpha value is -1.68. The van der Waals surface area contributed by atoms with Gasteiger partial charge in [-0.15, -0.1) is 0 Å². The Balaban J connectivity index is 1.68. The van der Waals surface area contributed by atoms with Crippen molar-refractivity contribution in [1.29, 1.82) is 0 Å². The molecule has 3 heteroatoms. The van der Waals surface area contributed by atoms with Gasteiger partial charge in [-0.05, 0) is 50.1 Å². The van der Waals surface area contributed by atoms with Gasteiger partial charge in [0.15, 0.2) is 0 Å². The second-order valence-electron chi connectivity index (χ2n) is 5.92. The van der Waals surface area contributed by atoms with Crippen LogP contribution in [0.4, 0.5) is 0 Å². The molecule has 3 nitrogen and oxygen atoms in total. The Morgan fingerprint density at radius 1 is 0.783 bits per heavy atom. The SMILES string of the molecule is NCCCN(CCCNCc1ccccc1)Cc1ccccc1. The van der Waals surface area contributed by atoms with Crippen LogP contribution in [0, 0.1) is 0 Å². The van der Waals surface area contributed by atoms with Gasteiger partial charge in [0.1, 0.15) is 0 Å². The lowest BCUT2D eigenvalue weighted by atomic mass is 10.2. The van der Waals surface area contributed by atoms with E-state index in [1.165, 1.54) is 11.1 Å². The van der Waals surface area contributed by atoms with Crippen molar-refractivity contribution in [2.24, 2.45) is 5.73 Å². The van der Waals surface area contributed by atoms with Crippen molar-refractivity contribution in [3.63, 3.8) is 0 Å². The Morgan fingerprint density at radius 3 is 2.04 bits per heavy atom. The molecule has 0 amide bonds. The summed E-state index contributed by atoms with van der Waals surface area (Å²) >= 11 is 0. The van der Waals surface area contributed by atoms with Crippen molar-refractivity contribution in [2.45, 2.75) is 25.9 Å². The molecule has 2 aromatic carbocycles. The van der Waals surface area contributed by atoms with Crippen LogP contribution in [-0.4, -0.2) is 31.1 Å². The highest BCUT2D eigenvalue weighted by atomic mass is 15.1. The van der Waals surface area contributed by atoms with Gasteiger partial charge in [-0.1, -0.05) is 60.7 Å². The second-order valence-corrected chi connectivity index (χ2v) is 5.92. The van der Waals surface area contributed by atoms with Crippen LogP contribution in [0.2, 0.25) is 0 Å². The summed E-state index contributed by atoms with van der Waals surface area (Å²) in [5.41, 5.74) is 8.39. The maximum atomic E-state index is 5.67. The number of nitrogens with zero attached hydrogens (tertiary/aromatic N) is 1. The highest BCUT2D eigenvalue weighted by Gasteiger charge is 2.05. The first-order chi connectivity index (χ1) is 11.4. The summed E-state index contributed by atoms with van der Waals surface area (Å²) < 4.78 is 0. The van der Waals surface area contributed by atoms with Crippen LogP contribution in [0.25, 0.3) is 0 Å². The molecule has 0 fully saturated rings. The van der Waals surface area contributed by atoms with Gasteiger partial charge in [0.25, 0.3) is 0 Å². The van der Waals surface area contributed by atoms with Gasteiger partial charge in [-0.3, -0.25) is 4.90 Å². The zero-order valence-electron chi connectivity index (χ0n) is 14.0. The minimum atomic E-state index is 0.761. The van der Waals surface area contributed by atoms with E-state index in [4.69, 9.17) is 5.73 Å². The van der Waals surface area contributed by atoms with Gasteiger partial charge in [-0.25, -0.2) is 0 Å². The molecule has 0 unspecified atom stereocenters. The van der Waals surface area contributed by atoms with E-state index < -0.39 is 0 Å². The summed E-state index contributed by atoms with van der Waals surface area (Å²) in [6.45, 7) is 5.95. The normalized spacial score (nSPS) is 11.0. The quantitative estimate of drug-likeness (QED) is 0.627. The summed E-state index contributed by atoms with van der Waals surface area (Å²) in [5.74, 6) is 0. The van der Waals surface area contributed by atoms with E-state index in [9.17, 15) is 0 Å². The van der Waals surface area contributed by atoms with Crippen molar-refractivity contribution >= 4 is 0 Å². The standard InChI is InChI=1S/C20H29N3/c21-13-7-15-23(18-20-11-5-2-6-12-20)16-8-14-22-17-19-9-3-1-4-10-19/h1-6,9-12,22H,7-8,13-18,21H2.